The Labute approximate surface area is 126 Å². The van der Waals surface area contributed by atoms with Gasteiger partial charge in [-0.05, 0) is 32.4 Å². The SMILES string of the molecule is COc1ccccc1C(C)NC(=O)[C@@H]1CCCNC1.Cl. The molecule has 0 spiro atoms. The second-order valence-electron chi connectivity index (χ2n) is 5.02. The summed E-state index contributed by atoms with van der Waals surface area (Å²) in [6, 6.07) is 7.76. The van der Waals surface area contributed by atoms with Gasteiger partial charge in [-0.25, -0.2) is 0 Å². The zero-order chi connectivity index (χ0) is 13.7. The van der Waals surface area contributed by atoms with E-state index >= 15 is 0 Å². The van der Waals surface area contributed by atoms with E-state index in [1.807, 2.05) is 31.2 Å². The number of piperidine rings is 1. The molecule has 1 amide bonds. The van der Waals surface area contributed by atoms with Crippen LogP contribution in [0, 0.1) is 5.92 Å². The van der Waals surface area contributed by atoms with Gasteiger partial charge in [-0.3, -0.25) is 4.79 Å². The zero-order valence-electron chi connectivity index (χ0n) is 12.0. The highest BCUT2D eigenvalue weighted by molar-refractivity contribution is 5.85. The van der Waals surface area contributed by atoms with E-state index in [0.717, 1.165) is 37.2 Å². The Bertz CT molecular complexity index is 434. The van der Waals surface area contributed by atoms with Crippen molar-refractivity contribution in [1.29, 1.82) is 0 Å². The van der Waals surface area contributed by atoms with Gasteiger partial charge in [-0.15, -0.1) is 12.4 Å². The summed E-state index contributed by atoms with van der Waals surface area (Å²) in [4.78, 5) is 12.2. The normalized spacial score (nSPS) is 19.6. The van der Waals surface area contributed by atoms with Gasteiger partial charge in [0, 0.05) is 12.1 Å². The highest BCUT2D eigenvalue weighted by Crippen LogP contribution is 2.24. The minimum Gasteiger partial charge on any atom is -0.496 e. The molecule has 1 aromatic rings. The number of para-hydroxylation sites is 1. The summed E-state index contributed by atoms with van der Waals surface area (Å²) in [6.07, 6.45) is 2.04. The summed E-state index contributed by atoms with van der Waals surface area (Å²) in [5.41, 5.74) is 1.02. The van der Waals surface area contributed by atoms with E-state index in [9.17, 15) is 4.79 Å². The minimum absolute atomic E-state index is 0. The number of benzene rings is 1. The van der Waals surface area contributed by atoms with Gasteiger partial charge in [-0.2, -0.15) is 0 Å². The maximum atomic E-state index is 12.2. The van der Waals surface area contributed by atoms with Crippen LogP contribution in [-0.4, -0.2) is 26.1 Å². The fraction of sp³-hybridized carbons (Fsp3) is 0.533. The summed E-state index contributed by atoms with van der Waals surface area (Å²) in [5, 5.41) is 6.35. The predicted molar refractivity (Wildman–Crippen MR) is 82.4 cm³/mol. The van der Waals surface area contributed by atoms with Crippen LogP contribution in [0.15, 0.2) is 24.3 Å². The van der Waals surface area contributed by atoms with Crippen molar-refractivity contribution in [3.63, 3.8) is 0 Å². The molecule has 112 valence electrons. The zero-order valence-corrected chi connectivity index (χ0v) is 12.8. The summed E-state index contributed by atoms with van der Waals surface area (Å²) < 4.78 is 5.33. The van der Waals surface area contributed by atoms with Gasteiger partial charge in [-0.1, -0.05) is 18.2 Å². The smallest absolute Gasteiger partial charge is 0.224 e. The lowest BCUT2D eigenvalue weighted by atomic mass is 9.98. The maximum Gasteiger partial charge on any atom is 0.224 e. The van der Waals surface area contributed by atoms with E-state index in [0.29, 0.717) is 0 Å². The molecule has 1 saturated heterocycles. The number of nitrogens with one attached hydrogen (secondary N) is 2. The highest BCUT2D eigenvalue weighted by atomic mass is 35.5. The van der Waals surface area contributed by atoms with Gasteiger partial charge in [0.1, 0.15) is 5.75 Å². The third-order valence-corrected chi connectivity index (χ3v) is 3.63. The molecule has 1 aromatic carbocycles. The van der Waals surface area contributed by atoms with Crippen molar-refractivity contribution in [2.24, 2.45) is 5.92 Å². The van der Waals surface area contributed by atoms with Crippen molar-refractivity contribution in [1.82, 2.24) is 10.6 Å². The minimum atomic E-state index is -0.0365. The van der Waals surface area contributed by atoms with Crippen LogP contribution in [0.5, 0.6) is 5.75 Å². The van der Waals surface area contributed by atoms with Crippen molar-refractivity contribution >= 4 is 18.3 Å². The lowest BCUT2D eigenvalue weighted by molar-refractivity contribution is -0.126. The van der Waals surface area contributed by atoms with Crippen molar-refractivity contribution in [2.75, 3.05) is 20.2 Å². The standard InChI is InChI=1S/C15H22N2O2.ClH/c1-11(13-7-3-4-8-14(13)19-2)17-15(18)12-6-5-9-16-10-12;/h3-4,7-8,11-12,16H,5-6,9-10H2,1-2H3,(H,17,18);1H/t11?,12-;/m1./s1. The molecule has 1 fully saturated rings. The molecule has 1 unspecified atom stereocenters. The molecule has 1 aliphatic rings. The average molecular weight is 299 g/mol. The number of hydrogen-bond acceptors (Lipinski definition) is 3. The van der Waals surface area contributed by atoms with Gasteiger partial charge in [0.05, 0.1) is 19.1 Å². The fourth-order valence-corrected chi connectivity index (χ4v) is 2.51. The number of hydrogen-bond donors (Lipinski definition) is 2. The number of halogens is 1. The van der Waals surface area contributed by atoms with Crippen LogP contribution < -0.4 is 15.4 Å². The van der Waals surface area contributed by atoms with E-state index in [4.69, 9.17) is 4.74 Å². The molecule has 0 aromatic heterocycles. The predicted octanol–water partition coefficient (Wildman–Crippen LogP) is 2.29. The monoisotopic (exact) mass is 298 g/mol. The van der Waals surface area contributed by atoms with Crippen LogP contribution in [0.3, 0.4) is 0 Å². The Morgan fingerprint density at radius 3 is 2.85 bits per heavy atom. The number of ether oxygens (including phenoxy) is 1. The van der Waals surface area contributed by atoms with Crippen molar-refractivity contribution < 1.29 is 9.53 Å². The van der Waals surface area contributed by atoms with Crippen molar-refractivity contribution in [2.45, 2.75) is 25.8 Å². The number of amides is 1. The molecule has 4 nitrogen and oxygen atoms in total. The number of rotatable bonds is 4. The van der Waals surface area contributed by atoms with Crippen LogP contribution in [-0.2, 0) is 4.79 Å². The molecule has 2 atom stereocenters. The molecule has 20 heavy (non-hydrogen) atoms. The van der Waals surface area contributed by atoms with Gasteiger partial charge in [0.15, 0.2) is 0 Å². The van der Waals surface area contributed by atoms with Gasteiger partial charge < -0.3 is 15.4 Å². The third kappa shape index (κ3) is 4.12. The second kappa shape index (κ2) is 8.12. The molecule has 0 aliphatic carbocycles. The van der Waals surface area contributed by atoms with Crippen molar-refractivity contribution in [3.05, 3.63) is 29.8 Å². The number of carbonyl (C=O) groups is 1. The molecule has 0 radical (unpaired) electrons. The summed E-state index contributed by atoms with van der Waals surface area (Å²) in [6.45, 7) is 3.79. The third-order valence-electron chi connectivity index (χ3n) is 3.63. The molecule has 1 aliphatic heterocycles. The molecular weight excluding hydrogens is 276 g/mol. The molecule has 2 N–H and O–H groups in total. The van der Waals surface area contributed by atoms with Crippen LogP contribution >= 0.6 is 12.4 Å². The molecule has 0 saturated carbocycles. The van der Waals surface area contributed by atoms with Crippen LogP contribution in [0.4, 0.5) is 0 Å². The summed E-state index contributed by atoms with van der Waals surface area (Å²) in [5.74, 6) is 1.04. The van der Waals surface area contributed by atoms with E-state index in [-0.39, 0.29) is 30.3 Å². The molecule has 1 heterocycles. The van der Waals surface area contributed by atoms with E-state index < -0.39 is 0 Å². The first-order valence-electron chi connectivity index (χ1n) is 6.86. The maximum absolute atomic E-state index is 12.2. The highest BCUT2D eigenvalue weighted by Gasteiger charge is 2.23. The second-order valence-corrected chi connectivity index (χ2v) is 5.02. The van der Waals surface area contributed by atoms with Crippen LogP contribution in [0.2, 0.25) is 0 Å². The summed E-state index contributed by atoms with van der Waals surface area (Å²) >= 11 is 0. The van der Waals surface area contributed by atoms with Gasteiger partial charge in [0.2, 0.25) is 5.91 Å². The Morgan fingerprint density at radius 2 is 2.20 bits per heavy atom. The van der Waals surface area contributed by atoms with Crippen LogP contribution in [0.25, 0.3) is 0 Å². The first kappa shape index (κ1) is 16.8. The Morgan fingerprint density at radius 1 is 1.45 bits per heavy atom. The Hall–Kier alpha value is -1.26. The van der Waals surface area contributed by atoms with Crippen LogP contribution in [0.1, 0.15) is 31.4 Å². The first-order chi connectivity index (χ1) is 9.22. The van der Waals surface area contributed by atoms with E-state index in [1.54, 1.807) is 7.11 Å². The average Bonchev–Trinajstić information content (AvgIpc) is 2.48. The Kier molecular flexibility index (Phi) is 6.82. The van der Waals surface area contributed by atoms with E-state index in [1.165, 1.54) is 0 Å². The lowest BCUT2D eigenvalue weighted by Gasteiger charge is -2.24. The molecule has 2 rings (SSSR count). The quantitative estimate of drug-likeness (QED) is 0.897. The topological polar surface area (TPSA) is 50.4 Å². The molecule has 0 bridgehead atoms. The number of carbonyl (C=O) groups excluding carboxylic acids is 1. The lowest BCUT2D eigenvalue weighted by Crippen LogP contribution is -2.41. The molecular formula is C15H23ClN2O2. The van der Waals surface area contributed by atoms with Crippen molar-refractivity contribution in [3.8, 4) is 5.75 Å². The fourth-order valence-electron chi connectivity index (χ4n) is 2.51. The van der Waals surface area contributed by atoms with E-state index in [2.05, 4.69) is 10.6 Å². The first-order valence-corrected chi connectivity index (χ1v) is 6.86. The number of methoxy groups -OCH3 is 1. The van der Waals surface area contributed by atoms with Gasteiger partial charge in [0.25, 0.3) is 0 Å². The largest absolute Gasteiger partial charge is 0.496 e. The molecule has 5 heteroatoms. The van der Waals surface area contributed by atoms with Gasteiger partial charge >= 0.3 is 0 Å². The summed E-state index contributed by atoms with van der Waals surface area (Å²) in [7, 11) is 1.65. The Balaban J connectivity index is 0.00000200.